The first-order chi connectivity index (χ1) is 9.72. The van der Waals surface area contributed by atoms with Crippen molar-refractivity contribution in [2.45, 2.75) is 6.42 Å². The maximum atomic E-state index is 5.69. The Kier molecular flexibility index (Phi) is 3.47. The van der Waals surface area contributed by atoms with Crippen molar-refractivity contribution in [3.8, 4) is 11.5 Å². The highest BCUT2D eigenvalue weighted by Crippen LogP contribution is 2.21. The lowest BCUT2D eigenvalue weighted by molar-refractivity contribution is 0.424. The molecule has 0 bridgehead atoms. The van der Waals surface area contributed by atoms with E-state index in [1.807, 2.05) is 24.3 Å². The summed E-state index contributed by atoms with van der Waals surface area (Å²) in [6.45, 7) is 0. The summed E-state index contributed by atoms with van der Waals surface area (Å²) >= 11 is 3.50. The van der Waals surface area contributed by atoms with E-state index in [1.165, 1.54) is 0 Å². The number of nitrogens with zero attached hydrogens (tertiary/aromatic N) is 3. The zero-order chi connectivity index (χ0) is 13.9. The SMILES string of the molecule is Nc1cncc(-c2nc(Cc3ccccc3Br)no2)c1. The first-order valence-electron chi connectivity index (χ1n) is 5.99. The number of nitrogens with two attached hydrogens (primary N) is 1. The number of pyridine rings is 1. The van der Waals surface area contributed by atoms with Crippen molar-refractivity contribution < 1.29 is 4.52 Å². The van der Waals surface area contributed by atoms with Crippen LogP contribution in [-0.2, 0) is 6.42 Å². The standard InChI is InChI=1S/C14H11BrN4O/c15-12-4-2-1-3-9(12)6-13-18-14(20-19-13)10-5-11(16)8-17-7-10/h1-5,7-8H,6,16H2. The molecule has 0 radical (unpaired) electrons. The molecule has 100 valence electrons. The van der Waals surface area contributed by atoms with Gasteiger partial charge in [-0.2, -0.15) is 4.98 Å². The van der Waals surface area contributed by atoms with Crippen molar-refractivity contribution in [2.24, 2.45) is 0 Å². The normalized spacial score (nSPS) is 10.7. The van der Waals surface area contributed by atoms with Crippen molar-refractivity contribution in [3.63, 3.8) is 0 Å². The molecule has 2 aromatic heterocycles. The maximum Gasteiger partial charge on any atom is 0.259 e. The first kappa shape index (κ1) is 12.8. The monoisotopic (exact) mass is 330 g/mol. The van der Waals surface area contributed by atoms with E-state index < -0.39 is 0 Å². The number of halogens is 1. The molecule has 2 heterocycles. The first-order valence-corrected chi connectivity index (χ1v) is 6.78. The minimum absolute atomic E-state index is 0.423. The predicted octanol–water partition coefficient (Wildman–Crippen LogP) is 3.07. The third-order valence-electron chi connectivity index (χ3n) is 2.78. The molecule has 0 aliphatic carbocycles. The lowest BCUT2D eigenvalue weighted by Crippen LogP contribution is -1.92. The smallest absolute Gasteiger partial charge is 0.259 e. The molecule has 20 heavy (non-hydrogen) atoms. The second kappa shape index (κ2) is 5.42. The molecule has 0 saturated heterocycles. The molecule has 6 heteroatoms. The summed E-state index contributed by atoms with van der Waals surface area (Å²) in [6, 6.07) is 9.69. The van der Waals surface area contributed by atoms with E-state index in [0.717, 1.165) is 15.6 Å². The van der Waals surface area contributed by atoms with E-state index >= 15 is 0 Å². The second-order valence-electron chi connectivity index (χ2n) is 4.29. The Balaban J connectivity index is 1.86. The topological polar surface area (TPSA) is 77.8 Å². The molecule has 0 amide bonds. The van der Waals surface area contributed by atoms with E-state index in [9.17, 15) is 0 Å². The Labute approximate surface area is 124 Å². The van der Waals surface area contributed by atoms with Crippen LogP contribution in [0.25, 0.3) is 11.5 Å². The fourth-order valence-corrected chi connectivity index (χ4v) is 2.25. The van der Waals surface area contributed by atoms with Gasteiger partial charge in [0.05, 0.1) is 11.3 Å². The summed E-state index contributed by atoms with van der Waals surface area (Å²) in [5, 5.41) is 3.98. The molecule has 0 unspecified atom stereocenters. The molecule has 0 fully saturated rings. The van der Waals surface area contributed by atoms with E-state index in [4.69, 9.17) is 10.3 Å². The van der Waals surface area contributed by atoms with Crippen molar-refractivity contribution in [2.75, 3.05) is 5.73 Å². The lowest BCUT2D eigenvalue weighted by Gasteiger charge is -1.99. The van der Waals surface area contributed by atoms with Crippen LogP contribution in [0.5, 0.6) is 0 Å². The van der Waals surface area contributed by atoms with Gasteiger partial charge in [-0.1, -0.05) is 39.3 Å². The largest absolute Gasteiger partial charge is 0.397 e. The Bertz CT molecular complexity index is 741. The van der Waals surface area contributed by atoms with Gasteiger partial charge < -0.3 is 10.3 Å². The van der Waals surface area contributed by atoms with E-state index in [2.05, 4.69) is 31.1 Å². The summed E-state index contributed by atoms with van der Waals surface area (Å²) in [7, 11) is 0. The fourth-order valence-electron chi connectivity index (χ4n) is 1.83. The van der Waals surface area contributed by atoms with E-state index in [-0.39, 0.29) is 0 Å². The summed E-state index contributed by atoms with van der Waals surface area (Å²) in [5.74, 6) is 1.04. The number of rotatable bonds is 3. The second-order valence-corrected chi connectivity index (χ2v) is 5.15. The molecule has 3 rings (SSSR count). The van der Waals surface area contributed by atoms with Crippen LogP contribution in [0.4, 0.5) is 5.69 Å². The molecule has 0 aliphatic rings. The van der Waals surface area contributed by atoms with Crippen molar-refractivity contribution in [1.82, 2.24) is 15.1 Å². The Morgan fingerprint density at radius 2 is 2.05 bits per heavy atom. The van der Waals surface area contributed by atoms with Gasteiger partial charge in [0.1, 0.15) is 0 Å². The quantitative estimate of drug-likeness (QED) is 0.798. The molecule has 3 aromatic rings. The average Bonchev–Trinajstić information content (AvgIpc) is 2.90. The summed E-state index contributed by atoms with van der Waals surface area (Å²) in [6.07, 6.45) is 3.81. The lowest BCUT2D eigenvalue weighted by atomic mass is 10.1. The van der Waals surface area contributed by atoms with Gasteiger partial charge in [-0.3, -0.25) is 4.98 Å². The average molecular weight is 331 g/mol. The third-order valence-corrected chi connectivity index (χ3v) is 3.55. The van der Waals surface area contributed by atoms with Crippen molar-refractivity contribution in [1.29, 1.82) is 0 Å². The molecule has 1 aromatic carbocycles. The number of anilines is 1. The van der Waals surface area contributed by atoms with Crippen LogP contribution >= 0.6 is 15.9 Å². The number of benzene rings is 1. The van der Waals surface area contributed by atoms with Gasteiger partial charge in [-0.05, 0) is 17.7 Å². The van der Waals surface area contributed by atoms with Gasteiger partial charge in [-0.25, -0.2) is 0 Å². The highest BCUT2D eigenvalue weighted by Gasteiger charge is 2.11. The van der Waals surface area contributed by atoms with Crippen LogP contribution in [0.2, 0.25) is 0 Å². The Hall–Kier alpha value is -2.21. The molecule has 2 N–H and O–H groups in total. The molecule has 5 nitrogen and oxygen atoms in total. The predicted molar refractivity (Wildman–Crippen MR) is 78.9 cm³/mol. The number of aromatic nitrogens is 3. The summed E-state index contributed by atoms with van der Waals surface area (Å²) in [4.78, 5) is 8.37. The maximum absolute atomic E-state index is 5.69. The molecular formula is C14H11BrN4O. The van der Waals surface area contributed by atoms with Crippen LogP contribution in [0.3, 0.4) is 0 Å². The zero-order valence-electron chi connectivity index (χ0n) is 10.5. The van der Waals surface area contributed by atoms with Crippen LogP contribution < -0.4 is 5.73 Å². The minimum Gasteiger partial charge on any atom is -0.397 e. The van der Waals surface area contributed by atoms with E-state index in [0.29, 0.717) is 23.8 Å². The van der Waals surface area contributed by atoms with Crippen LogP contribution in [-0.4, -0.2) is 15.1 Å². The fraction of sp³-hybridized carbons (Fsp3) is 0.0714. The number of hydrogen-bond acceptors (Lipinski definition) is 5. The molecule has 0 spiro atoms. The van der Waals surface area contributed by atoms with Crippen LogP contribution in [0, 0.1) is 0 Å². The van der Waals surface area contributed by atoms with Crippen molar-refractivity contribution >= 4 is 21.6 Å². The highest BCUT2D eigenvalue weighted by molar-refractivity contribution is 9.10. The third kappa shape index (κ3) is 2.70. The van der Waals surface area contributed by atoms with E-state index in [1.54, 1.807) is 18.5 Å². The number of nitrogen functional groups attached to an aromatic ring is 1. The van der Waals surface area contributed by atoms with Crippen LogP contribution in [0.15, 0.2) is 51.7 Å². The molecule has 0 atom stereocenters. The van der Waals surface area contributed by atoms with Gasteiger partial charge >= 0.3 is 0 Å². The van der Waals surface area contributed by atoms with Gasteiger partial charge in [0.15, 0.2) is 5.82 Å². The van der Waals surface area contributed by atoms with Crippen LogP contribution in [0.1, 0.15) is 11.4 Å². The molecular weight excluding hydrogens is 320 g/mol. The molecule has 0 aliphatic heterocycles. The molecule has 0 saturated carbocycles. The zero-order valence-corrected chi connectivity index (χ0v) is 12.0. The Morgan fingerprint density at radius 1 is 1.20 bits per heavy atom. The van der Waals surface area contributed by atoms with Gasteiger partial charge in [0.2, 0.25) is 0 Å². The van der Waals surface area contributed by atoms with Gasteiger partial charge in [0.25, 0.3) is 5.89 Å². The summed E-state index contributed by atoms with van der Waals surface area (Å²) in [5.41, 5.74) is 8.07. The Morgan fingerprint density at radius 3 is 2.85 bits per heavy atom. The van der Waals surface area contributed by atoms with Gasteiger partial charge in [-0.15, -0.1) is 0 Å². The minimum atomic E-state index is 0.423. The summed E-state index contributed by atoms with van der Waals surface area (Å²) < 4.78 is 6.27. The van der Waals surface area contributed by atoms with Crippen molar-refractivity contribution in [3.05, 3.63) is 58.6 Å². The van der Waals surface area contributed by atoms with Gasteiger partial charge in [0, 0.05) is 23.3 Å². The number of hydrogen-bond donors (Lipinski definition) is 1. The highest BCUT2D eigenvalue weighted by atomic mass is 79.9.